The molecular weight excluding hydrogens is 226 g/mol. The summed E-state index contributed by atoms with van der Waals surface area (Å²) >= 11 is 1.59. The lowest BCUT2D eigenvalue weighted by atomic mass is 10.1. The Labute approximate surface area is 98.2 Å². The summed E-state index contributed by atoms with van der Waals surface area (Å²) in [6, 6.07) is 3.90. The van der Waals surface area contributed by atoms with Gasteiger partial charge in [0.25, 0.3) is 0 Å². The van der Waals surface area contributed by atoms with E-state index in [-0.39, 0.29) is 11.7 Å². The van der Waals surface area contributed by atoms with E-state index in [1.54, 1.807) is 30.2 Å². The van der Waals surface area contributed by atoms with Gasteiger partial charge in [-0.3, -0.25) is 4.79 Å². The number of carbonyl (C=O) groups excluding carboxylic acids is 1. The monoisotopic (exact) mass is 241 g/mol. The smallest absolute Gasteiger partial charge is 0.233 e. The van der Waals surface area contributed by atoms with Crippen LogP contribution >= 0.6 is 11.3 Å². The van der Waals surface area contributed by atoms with Gasteiger partial charge in [-0.15, -0.1) is 11.3 Å². The van der Waals surface area contributed by atoms with Gasteiger partial charge < -0.3 is 15.8 Å². The summed E-state index contributed by atoms with van der Waals surface area (Å²) in [6.45, 7) is 2.15. The van der Waals surface area contributed by atoms with Crippen LogP contribution in [0, 0.1) is 5.92 Å². The zero-order chi connectivity index (χ0) is 12.1. The van der Waals surface area contributed by atoms with Gasteiger partial charge in [-0.05, 0) is 18.4 Å². The maximum atomic E-state index is 11.8. The number of carbonyl (C=O) groups is 1. The molecule has 0 bridgehead atoms. The molecule has 0 fully saturated rings. The van der Waals surface area contributed by atoms with Crippen LogP contribution in [-0.2, 0) is 11.3 Å². The van der Waals surface area contributed by atoms with Gasteiger partial charge in [0.05, 0.1) is 12.5 Å². The Balaban J connectivity index is 2.60. The van der Waals surface area contributed by atoms with E-state index in [9.17, 15) is 4.79 Å². The highest BCUT2D eigenvalue weighted by atomic mass is 32.1. The SMILES string of the molecule is CC(C(=O)N(C)Cc1cccs1)C(N)=NO. The van der Waals surface area contributed by atoms with Crippen LogP contribution < -0.4 is 5.73 Å². The molecule has 0 aliphatic rings. The van der Waals surface area contributed by atoms with Crippen LogP contribution in [0.5, 0.6) is 0 Å². The second kappa shape index (κ2) is 5.50. The van der Waals surface area contributed by atoms with Crippen molar-refractivity contribution in [3.8, 4) is 0 Å². The second-order valence-electron chi connectivity index (χ2n) is 3.52. The van der Waals surface area contributed by atoms with Gasteiger partial charge in [-0.25, -0.2) is 0 Å². The first-order valence-corrected chi connectivity index (χ1v) is 5.69. The van der Waals surface area contributed by atoms with E-state index in [0.717, 1.165) is 4.88 Å². The fraction of sp³-hybridized carbons (Fsp3) is 0.400. The fourth-order valence-corrected chi connectivity index (χ4v) is 2.02. The molecule has 1 aromatic heterocycles. The molecule has 0 aliphatic carbocycles. The van der Waals surface area contributed by atoms with Gasteiger partial charge in [-0.1, -0.05) is 11.2 Å². The summed E-state index contributed by atoms with van der Waals surface area (Å²) in [6.07, 6.45) is 0. The number of thiophene rings is 1. The van der Waals surface area contributed by atoms with Crippen molar-refractivity contribution in [3.63, 3.8) is 0 Å². The Morgan fingerprint density at radius 2 is 2.44 bits per heavy atom. The molecule has 0 saturated carbocycles. The van der Waals surface area contributed by atoms with E-state index in [4.69, 9.17) is 10.9 Å². The third-order valence-corrected chi connectivity index (χ3v) is 3.14. The molecule has 0 radical (unpaired) electrons. The summed E-state index contributed by atoms with van der Waals surface area (Å²) in [5.74, 6) is -0.832. The number of rotatable bonds is 4. The Bertz CT molecular complexity index is 375. The largest absolute Gasteiger partial charge is 0.409 e. The maximum absolute atomic E-state index is 11.8. The van der Waals surface area contributed by atoms with E-state index in [1.165, 1.54) is 0 Å². The highest BCUT2D eigenvalue weighted by Gasteiger charge is 2.21. The molecule has 1 rings (SSSR count). The predicted molar refractivity (Wildman–Crippen MR) is 63.4 cm³/mol. The molecule has 5 nitrogen and oxygen atoms in total. The van der Waals surface area contributed by atoms with E-state index >= 15 is 0 Å². The number of hydrogen-bond donors (Lipinski definition) is 2. The van der Waals surface area contributed by atoms with Gasteiger partial charge >= 0.3 is 0 Å². The second-order valence-corrected chi connectivity index (χ2v) is 4.55. The average molecular weight is 241 g/mol. The molecule has 3 N–H and O–H groups in total. The van der Waals surface area contributed by atoms with E-state index in [0.29, 0.717) is 6.54 Å². The van der Waals surface area contributed by atoms with Crippen LogP contribution in [0.3, 0.4) is 0 Å². The number of amides is 1. The third kappa shape index (κ3) is 2.96. The molecular formula is C10H15N3O2S. The Hall–Kier alpha value is -1.56. The lowest BCUT2D eigenvalue weighted by Crippen LogP contribution is -2.38. The summed E-state index contributed by atoms with van der Waals surface area (Å²) in [5.41, 5.74) is 5.38. The first-order chi connectivity index (χ1) is 7.56. The number of oxime groups is 1. The molecule has 0 saturated heterocycles. The summed E-state index contributed by atoms with van der Waals surface area (Å²) in [4.78, 5) is 14.5. The molecule has 1 heterocycles. The summed E-state index contributed by atoms with van der Waals surface area (Å²) in [7, 11) is 1.70. The lowest BCUT2D eigenvalue weighted by Gasteiger charge is -2.19. The highest BCUT2D eigenvalue weighted by Crippen LogP contribution is 2.12. The van der Waals surface area contributed by atoms with Crippen molar-refractivity contribution >= 4 is 23.1 Å². The van der Waals surface area contributed by atoms with Crippen molar-refractivity contribution in [1.82, 2.24) is 4.90 Å². The van der Waals surface area contributed by atoms with Gasteiger partial charge in [0.2, 0.25) is 5.91 Å². The van der Waals surface area contributed by atoms with E-state index in [2.05, 4.69) is 5.16 Å². The van der Waals surface area contributed by atoms with Crippen molar-refractivity contribution in [3.05, 3.63) is 22.4 Å². The molecule has 88 valence electrons. The first-order valence-electron chi connectivity index (χ1n) is 4.81. The number of nitrogens with two attached hydrogens (primary N) is 1. The highest BCUT2D eigenvalue weighted by molar-refractivity contribution is 7.09. The summed E-state index contributed by atoms with van der Waals surface area (Å²) in [5, 5.41) is 13.3. The zero-order valence-electron chi connectivity index (χ0n) is 9.25. The predicted octanol–water partition coefficient (Wildman–Crippen LogP) is 1.09. The topological polar surface area (TPSA) is 78.9 Å². The Morgan fingerprint density at radius 1 is 1.75 bits per heavy atom. The molecule has 0 spiro atoms. The quantitative estimate of drug-likeness (QED) is 0.358. The minimum atomic E-state index is -0.602. The molecule has 1 amide bonds. The average Bonchev–Trinajstić information content (AvgIpc) is 2.78. The van der Waals surface area contributed by atoms with Crippen LogP contribution in [0.4, 0.5) is 0 Å². The van der Waals surface area contributed by atoms with Crippen LogP contribution in [0.2, 0.25) is 0 Å². The van der Waals surface area contributed by atoms with Crippen molar-refractivity contribution in [2.75, 3.05) is 7.05 Å². The minimum absolute atomic E-state index is 0.0666. The third-order valence-electron chi connectivity index (χ3n) is 2.28. The van der Waals surface area contributed by atoms with Gasteiger partial charge in [0.1, 0.15) is 0 Å². The molecule has 0 aliphatic heterocycles. The van der Waals surface area contributed by atoms with Crippen molar-refractivity contribution in [2.24, 2.45) is 16.8 Å². The standard InChI is InChI=1S/C10H15N3O2S/c1-7(9(11)12-15)10(14)13(2)6-8-4-3-5-16-8/h3-5,7,15H,6H2,1-2H3,(H2,11,12). The van der Waals surface area contributed by atoms with Crippen molar-refractivity contribution in [2.45, 2.75) is 13.5 Å². The van der Waals surface area contributed by atoms with Gasteiger partial charge in [0, 0.05) is 11.9 Å². The molecule has 0 aromatic carbocycles. The van der Waals surface area contributed by atoms with Crippen molar-refractivity contribution < 1.29 is 10.0 Å². The number of amidine groups is 1. The van der Waals surface area contributed by atoms with Crippen LogP contribution in [-0.4, -0.2) is 28.9 Å². The minimum Gasteiger partial charge on any atom is -0.409 e. The molecule has 1 aromatic rings. The Morgan fingerprint density at radius 3 is 2.94 bits per heavy atom. The molecule has 1 unspecified atom stereocenters. The molecule has 16 heavy (non-hydrogen) atoms. The molecule has 1 atom stereocenters. The summed E-state index contributed by atoms with van der Waals surface area (Å²) < 4.78 is 0. The first kappa shape index (κ1) is 12.5. The van der Waals surface area contributed by atoms with Gasteiger partial charge in [0.15, 0.2) is 5.84 Å². The van der Waals surface area contributed by atoms with Crippen molar-refractivity contribution in [1.29, 1.82) is 0 Å². The normalized spacial score (nSPS) is 13.5. The van der Waals surface area contributed by atoms with Crippen LogP contribution in [0.1, 0.15) is 11.8 Å². The van der Waals surface area contributed by atoms with Crippen LogP contribution in [0.15, 0.2) is 22.7 Å². The fourth-order valence-electron chi connectivity index (χ4n) is 1.26. The maximum Gasteiger partial charge on any atom is 0.233 e. The zero-order valence-corrected chi connectivity index (χ0v) is 10.1. The van der Waals surface area contributed by atoms with Gasteiger partial charge in [-0.2, -0.15) is 0 Å². The van der Waals surface area contributed by atoms with E-state index < -0.39 is 5.92 Å². The lowest BCUT2D eigenvalue weighted by molar-refractivity contribution is -0.132. The van der Waals surface area contributed by atoms with Crippen LogP contribution in [0.25, 0.3) is 0 Å². The number of nitrogens with zero attached hydrogens (tertiary/aromatic N) is 2. The number of hydrogen-bond acceptors (Lipinski definition) is 4. The van der Waals surface area contributed by atoms with E-state index in [1.807, 2.05) is 17.5 Å². The molecule has 6 heteroatoms. The Kier molecular flexibility index (Phi) is 4.30.